The molecule has 0 aliphatic carbocycles. The first-order valence-corrected chi connectivity index (χ1v) is 8.64. The van der Waals surface area contributed by atoms with E-state index >= 15 is 0 Å². The highest BCUT2D eigenvalue weighted by Crippen LogP contribution is 2.18. The second kappa shape index (κ2) is 8.77. The molecule has 0 radical (unpaired) electrons. The van der Waals surface area contributed by atoms with E-state index in [1.807, 2.05) is 12.1 Å². The standard InChI is InChI=1S/C21H19N3O4/c1-28-20(26)13-23-19(25)12-14-7-9-15(10-8-14)24-21(27)17-4-2-6-18-16(17)5-3-11-22-18/h2-11H,12-13H2,1H3,(H,23,25)(H,24,27). The second-order valence-electron chi connectivity index (χ2n) is 6.06. The summed E-state index contributed by atoms with van der Waals surface area (Å²) in [5.41, 5.74) is 2.67. The molecule has 2 N–H and O–H groups in total. The number of anilines is 1. The normalized spacial score (nSPS) is 10.3. The van der Waals surface area contributed by atoms with E-state index in [0.29, 0.717) is 11.3 Å². The van der Waals surface area contributed by atoms with E-state index < -0.39 is 5.97 Å². The van der Waals surface area contributed by atoms with Crippen LogP contribution in [0.1, 0.15) is 15.9 Å². The first kappa shape index (κ1) is 19.0. The smallest absolute Gasteiger partial charge is 0.325 e. The maximum Gasteiger partial charge on any atom is 0.325 e. The molecule has 0 saturated carbocycles. The van der Waals surface area contributed by atoms with Crippen LogP contribution >= 0.6 is 0 Å². The molecule has 1 aromatic heterocycles. The summed E-state index contributed by atoms with van der Waals surface area (Å²) in [4.78, 5) is 39.7. The maximum atomic E-state index is 12.6. The predicted molar refractivity (Wildman–Crippen MR) is 105 cm³/mol. The Morgan fingerprint density at radius 1 is 1.00 bits per heavy atom. The lowest BCUT2D eigenvalue weighted by Gasteiger charge is -2.09. The monoisotopic (exact) mass is 377 g/mol. The van der Waals surface area contributed by atoms with Crippen LogP contribution in [0.2, 0.25) is 0 Å². The number of nitrogens with zero attached hydrogens (tertiary/aromatic N) is 1. The van der Waals surface area contributed by atoms with Crippen molar-refractivity contribution in [2.24, 2.45) is 0 Å². The summed E-state index contributed by atoms with van der Waals surface area (Å²) in [6, 6.07) is 16.0. The van der Waals surface area contributed by atoms with Crippen LogP contribution in [0.5, 0.6) is 0 Å². The number of methoxy groups -OCH3 is 1. The van der Waals surface area contributed by atoms with Gasteiger partial charge in [-0.2, -0.15) is 0 Å². The fourth-order valence-electron chi connectivity index (χ4n) is 2.70. The van der Waals surface area contributed by atoms with Crippen molar-refractivity contribution in [3.05, 3.63) is 71.9 Å². The third-order valence-electron chi connectivity index (χ3n) is 4.12. The number of ether oxygens (including phenoxy) is 1. The molecule has 2 aromatic carbocycles. The highest BCUT2D eigenvalue weighted by Gasteiger charge is 2.11. The van der Waals surface area contributed by atoms with Crippen molar-refractivity contribution in [3.63, 3.8) is 0 Å². The number of pyridine rings is 1. The van der Waals surface area contributed by atoms with E-state index in [0.717, 1.165) is 16.5 Å². The topological polar surface area (TPSA) is 97.4 Å². The number of nitrogens with one attached hydrogen (secondary N) is 2. The van der Waals surface area contributed by atoms with Gasteiger partial charge in [0.2, 0.25) is 5.91 Å². The number of rotatable bonds is 6. The number of aromatic nitrogens is 1. The van der Waals surface area contributed by atoms with E-state index in [9.17, 15) is 14.4 Å². The van der Waals surface area contributed by atoms with E-state index in [-0.39, 0.29) is 24.8 Å². The minimum atomic E-state index is -0.505. The van der Waals surface area contributed by atoms with Gasteiger partial charge >= 0.3 is 5.97 Å². The van der Waals surface area contributed by atoms with Gasteiger partial charge in [-0.3, -0.25) is 19.4 Å². The summed E-state index contributed by atoms with van der Waals surface area (Å²) in [6.45, 7) is -0.163. The molecule has 1 heterocycles. The molecule has 0 fully saturated rings. The summed E-state index contributed by atoms with van der Waals surface area (Å²) >= 11 is 0. The SMILES string of the molecule is COC(=O)CNC(=O)Cc1ccc(NC(=O)c2cccc3ncccc23)cc1. The molecule has 0 atom stereocenters. The van der Waals surface area contributed by atoms with Crippen molar-refractivity contribution >= 4 is 34.4 Å². The molecule has 0 aliphatic rings. The number of fused-ring (bicyclic) bond motifs is 1. The van der Waals surface area contributed by atoms with Gasteiger partial charge in [0.15, 0.2) is 0 Å². The molecule has 7 heteroatoms. The van der Waals surface area contributed by atoms with E-state index in [1.54, 1.807) is 48.7 Å². The first-order valence-electron chi connectivity index (χ1n) is 8.64. The summed E-state index contributed by atoms with van der Waals surface area (Å²) in [7, 11) is 1.26. The molecule has 0 saturated heterocycles. The van der Waals surface area contributed by atoms with Gasteiger partial charge in [-0.05, 0) is 35.9 Å². The van der Waals surface area contributed by atoms with Crippen molar-refractivity contribution < 1.29 is 19.1 Å². The zero-order valence-corrected chi connectivity index (χ0v) is 15.3. The van der Waals surface area contributed by atoms with Crippen LogP contribution in [0.3, 0.4) is 0 Å². The van der Waals surface area contributed by atoms with Gasteiger partial charge in [0, 0.05) is 22.8 Å². The number of carbonyl (C=O) groups excluding carboxylic acids is 3. The van der Waals surface area contributed by atoms with Gasteiger partial charge in [-0.25, -0.2) is 0 Å². The summed E-state index contributed by atoms with van der Waals surface area (Å²) < 4.78 is 4.47. The number of hydrogen-bond donors (Lipinski definition) is 2. The Bertz CT molecular complexity index is 1010. The van der Waals surface area contributed by atoms with Crippen LogP contribution in [0.4, 0.5) is 5.69 Å². The van der Waals surface area contributed by atoms with Crippen molar-refractivity contribution in [2.45, 2.75) is 6.42 Å². The Hall–Kier alpha value is -3.74. The maximum absolute atomic E-state index is 12.6. The van der Waals surface area contributed by atoms with Crippen LogP contribution in [0.25, 0.3) is 10.9 Å². The van der Waals surface area contributed by atoms with Gasteiger partial charge < -0.3 is 15.4 Å². The lowest BCUT2D eigenvalue weighted by Crippen LogP contribution is -2.31. The highest BCUT2D eigenvalue weighted by atomic mass is 16.5. The van der Waals surface area contributed by atoms with Crippen molar-refractivity contribution in [1.29, 1.82) is 0 Å². The minimum absolute atomic E-state index is 0.125. The number of amides is 2. The fourth-order valence-corrected chi connectivity index (χ4v) is 2.70. The van der Waals surface area contributed by atoms with Gasteiger partial charge in [0.05, 0.1) is 19.0 Å². The average molecular weight is 377 g/mol. The zero-order valence-electron chi connectivity index (χ0n) is 15.3. The Labute approximate surface area is 161 Å². The molecule has 142 valence electrons. The molecule has 7 nitrogen and oxygen atoms in total. The molecule has 28 heavy (non-hydrogen) atoms. The molecule has 3 rings (SSSR count). The van der Waals surface area contributed by atoms with Crippen molar-refractivity contribution in [3.8, 4) is 0 Å². The zero-order chi connectivity index (χ0) is 19.9. The third-order valence-corrected chi connectivity index (χ3v) is 4.12. The third kappa shape index (κ3) is 4.70. The molecule has 0 unspecified atom stereocenters. The predicted octanol–water partition coefficient (Wildman–Crippen LogP) is 2.32. The summed E-state index contributed by atoms with van der Waals surface area (Å²) in [5, 5.41) is 6.11. The minimum Gasteiger partial charge on any atom is -0.468 e. The van der Waals surface area contributed by atoms with E-state index in [1.165, 1.54) is 7.11 Å². The Kier molecular flexibility index (Phi) is 5.96. The van der Waals surface area contributed by atoms with Gasteiger partial charge in [0.25, 0.3) is 5.91 Å². The fraction of sp³-hybridized carbons (Fsp3) is 0.143. The number of esters is 1. The van der Waals surface area contributed by atoms with Crippen LogP contribution in [-0.4, -0.2) is 36.4 Å². The largest absolute Gasteiger partial charge is 0.468 e. The van der Waals surface area contributed by atoms with Crippen LogP contribution < -0.4 is 10.6 Å². The van der Waals surface area contributed by atoms with Gasteiger partial charge in [-0.1, -0.05) is 24.3 Å². The molecule has 2 amide bonds. The Balaban J connectivity index is 1.63. The quantitative estimate of drug-likeness (QED) is 0.643. The molecule has 0 spiro atoms. The van der Waals surface area contributed by atoms with Crippen molar-refractivity contribution in [2.75, 3.05) is 19.0 Å². The van der Waals surface area contributed by atoms with Crippen LogP contribution in [0, 0.1) is 0 Å². The van der Waals surface area contributed by atoms with Crippen LogP contribution in [-0.2, 0) is 20.7 Å². The summed E-state index contributed by atoms with van der Waals surface area (Å²) in [6.07, 6.45) is 1.81. The summed E-state index contributed by atoms with van der Waals surface area (Å²) in [5.74, 6) is -1.03. The van der Waals surface area contributed by atoms with Crippen molar-refractivity contribution in [1.82, 2.24) is 10.3 Å². The number of hydrogen-bond acceptors (Lipinski definition) is 5. The molecule has 3 aromatic rings. The number of carbonyl (C=O) groups is 3. The molecule has 0 bridgehead atoms. The lowest BCUT2D eigenvalue weighted by atomic mass is 10.1. The van der Waals surface area contributed by atoms with Gasteiger partial charge in [0.1, 0.15) is 6.54 Å². The average Bonchev–Trinajstić information content (AvgIpc) is 2.73. The van der Waals surface area contributed by atoms with E-state index in [2.05, 4.69) is 20.4 Å². The molecular weight excluding hydrogens is 358 g/mol. The highest BCUT2D eigenvalue weighted by molar-refractivity contribution is 6.12. The molecule has 0 aliphatic heterocycles. The number of benzene rings is 2. The lowest BCUT2D eigenvalue weighted by molar-refractivity contribution is -0.141. The van der Waals surface area contributed by atoms with Crippen LogP contribution in [0.15, 0.2) is 60.8 Å². The van der Waals surface area contributed by atoms with Gasteiger partial charge in [-0.15, -0.1) is 0 Å². The second-order valence-corrected chi connectivity index (χ2v) is 6.06. The molecular formula is C21H19N3O4. The Morgan fingerprint density at radius 3 is 2.54 bits per heavy atom. The Morgan fingerprint density at radius 2 is 1.79 bits per heavy atom. The van der Waals surface area contributed by atoms with E-state index in [4.69, 9.17) is 0 Å². The first-order chi connectivity index (χ1) is 13.6.